The fourth-order valence-electron chi connectivity index (χ4n) is 2.20. The molecule has 0 spiro atoms. The van der Waals surface area contributed by atoms with E-state index in [1.165, 1.54) is 0 Å². The van der Waals surface area contributed by atoms with E-state index >= 15 is 0 Å². The van der Waals surface area contributed by atoms with E-state index in [4.69, 9.17) is 0 Å². The van der Waals surface area contributed by atoms with Gasteiger partial charge in [-0.25, -0.2) is 9.98 Å². The molecule has 2 aromatic rings. The molecular formula is C18H24F3IN4OS. The third kappa shape index (κ3) is 9.20. The summed E-state index contributed by atoms with van der Waals surface area (Å²) in [5.41, 5.74) is 4.47. The number of guanidine groups is 1. The zero-order chi connectivity index (χ0) is 19.7. The van der Waals surface area contributed by atoms with Crippen LogP contribution < -0.4 is 10.6 Å². The number of ether oxygens (including phenoxy) is 1. The second-order valence-electron chi connectivity index (χ2n) is 5.83. The minimum absolute atomic E-state index is 0. The molecule has 0 saturated carbocycles. The molecule has 2 rings (SSSR count). The smallest absolute Gasteiger partial charge is 0.367 e. The highest BCUT2D eigenvalue weighted by molar-refractivity contribution is 14.0. The van der Waals surface area contributed by atoms with Gasteiger partial charge in [0.1, 0.15) is 6.61 Å². The Bertz CT molecular complexity index is 735. The molecule has 2 N–H and O–H groups in total. The molecule has 1 aromatic heterocycles. The quantitative estimate of drug-likeness (QED) is 0.303. The highest BCUT2D eigenvalue weighted by Crippen LogP contribution is 2.16. The van der Waals surface area contributed by atoms with Crippen molar-refractivity contribution in [3.8, 4) is 0 Å². The van der Waals surface area contributed by atoms with Crippen molar-refractivity contribution in [1.82, 2.24) is 15.6 Å². The monoisotopic (exact) mass is 528 g/mol. The first-order chi connectivity index (χ1) is 12.9. The molecule has 0 saturated heterocycles. The summed E-state index contributed by atoms with van der Waals surface area (Å²) < 4.78 is 40.9. The minimum atomic E-state index is -4.30. The molecule has 10 heteroatoms. The second kappa shape index (κ2) is 12.2. The molecule has 0 bridgehead atoms. The Morgan fingerprint density at radius 1 is 1.18 bits per heavy atom. The molecule has 0 atom stereocenters. The minimum Gasteiger partial charge on any atom is -0.367 e. The van der Waals surface area contributed by atoms with Crippen molar-refractivity contribution < 1.29 is 17.9 Å². The fraction of sp³-hybridized carbons (Fsp3) is 0.444. The van der Waals surface area contributed by atoms with Gasteiger partial charge in [0.25, 0.3) is 0 Å². The SMILES string of the molecule is CCNC(=NCc1ccc(COCC(F)(F)F)cc1)NCc1scnc1C.I. The van der Waals surface area contributed by atoms with Gasteiger partial charge in [0.15, 0.2) is 5.96 Å². The van der Waals surface area contributed by atoms with Gasteiger partial charge in [-0.3, -0.25) is 0 Å². The van der Waals surface area contributed by atoms with Crippen molar-refractivity contribution in [1.29, 1.82) is 0 Å². The molecule has 0 aliphatic carbocycles. The van der Waals surface area contributed by atoms with E-state index in [1.54, 1.807) is 23.5 Å². The number of nitrogens with zero attached hydrogens (tertiary/aromatic N) is 2. The van der Waals surface area contributed by atoms with Crippen LogP contribution in [0.15, 0.2) is 34.8 Å². The highest BCUT2D eigenvalue weighted by atomic mass is 127. The topological polar surface area (TPSA) is 58.5 Å². The number of benzene rings is 1. The number of aliphatic imine (C=N–C) groups is 1. The predicted molar refractivity (Wildman–Crippen MR) is 116 cm³/mol. The maximum absolute atomic E-state index is 12.1. The molecule has 0 radical (unpaired) electrons. The van der Waals surface area contributed by atoms with Crippen molar-refractivity contribution in [2.24, 2.45) is 4.99 Å². The average Bonchev–Trinajstić information content (AvgIpc) is 3.02. The van der Waals surface area contributed by atoms with E-state index < -0.39 is 12.8 Å². The summed E-state index contributed by atoms with van der Waals surface area (Å²) >= 11 is 1.59. The van der Waals surface area contributed by atoms with E-state index in [0.717, 1.165) is 22.7 Å². The second-order valence-corrected chi connectivity index (χ2v) is 6.77. The van der Waals surface area contributed by atoms with Crippen LogP contribution in [0.25, 0.3) is 0 Å². The molecule has 0 unspecified atom stereocenters. The van der Waals surface area contributed by atoms with Crippen molar-refractivity contribution in [3.05, 3.63) is 51.5 Å². The lowest BCUT2D eigenvalue weighted by atomic mass is 10.1. The number of rotatable bonds is 8. The predicted octanol–water partition coefficient (Wildman–Crippen LogP) is 4.40. The van der Waals surface area contributed by atoms with Crippen LogP contribution >= 0.6 is 35.3 Å². The van der Waals surface area contributed by atoms with Crippen LogP contribution in [0, 0.1) is 6.92 Å². The van der Waals surface area contributed by atoms with Crippen LogP contribution in [0.2, 0.25) is 0 Å². The van der Waals surface area contributed by atoms with Crippen molar-refractivity contribution in [2.75, 3.05) is 13.2 Å². The number of hydrogen-bond donors (Lipinski definition) is 2. The Kier molecular flexibility index (Phi) is 10.8. The Morgan fingerprint density at radius 3 is 2.43 bits per heavy atom. The van der Waals surface area contributed by atoms with Crippen LogP contribution in [0.4, 0.5) is 13.2 Å². The molecule has 5 nitrogen and oxygen atoms in total. The van der Waals surface area contributed by atoms with Crippen LogP contribution in [0.5, 0.6) is 0 Å². The molecular weight excluding hydrogens is 504 g/mol. The van der Waals surface area contributed by atoms with Gasteiger partial charge >= 0.3 is 6.18 Å². The van der Waals surface area contributed by atoms with Gasteiger partial charge in [-0.15, -0.1) is 35.3 Å². The van der Waals surface area contributed by atoms with Crippen LogP contribution in [0.1, 0.15) is 28.6 Å². The summed E-state index contributed by atoms with van der Waals surface area (Å²) in [6, 6.07) is 7.18. The summed E-state index contributed by atoms with van der Waals surface area (Å²) in [7, 11) is 0. The maximum atomic E-state index is 12.1. The molecule has 0 aliphatic heterocycles. The zero-order valence-corrected chi connectivity index (χ0v) is 18.8. The van der Waals surface area contributed by atoms with Crippen molar-refractivity contribution >= 4 is 41.3 Å². The molecule has 0 amide bonds. The average molecular weight is 528 g/mol. The summed E-state index contributed by atoms with van der Waals surface area (Å²) in [5, 5.41) is 6.46. The van der Waals surface area contributed by atoms with E-state index in [9.17, 15) is 13.2 Å². The first kappa shape index (κ1) is 24.6. The lowest BCUT2D eigenvalue weighted by molar-refractivity contribution is -0.176. The third-order valence-corrected chi connectivity index (χ3v) is 4.52. The van der Waals surface area contributed by atoms with Gasteiger partial charge in [0.05, 0.1) is 30.9 Å². The Morgan fingerprint density at radius 2 is 1.86 bits per heavy atom. The summed E-state index contributed by atoms with van der Waals surface area (Å²) in [6.45, 7) is 4.50. The van der Waals surface area contributed by atoms with Crippen molar-refractivity contribution in [3.63, 3.8) is 0 Å². The zero-order valence-electron chi connectivity index (χ0n) is 15.7. The molecule has 28 heavy (non-hydrogen) atoms. The summed E-state index contributed by atoms with van der Waals surface area (Å²) in [6.07, 6.45) is -4.30. The Hall–Kier alpha value is -1.40. The number of alkyl halides is 3. The summed E-state index contributed by atoms with van der Waals surface area (Å²) in [4.78, 5) is 9.91. The van der Waals surface area contributed by atoms with E-state index in [1.807, 2.05) is 31.5 Å². The highest BCUT2D eigenvalue weighted by Gasteiger charge is 2.27. The number of aryl methyl sites for hydroxylation is 1. The van der Waals surface area contributed by atoms with Gasteiger partial charge in [-0.05, 0) is 25.0 Å². The normalized spacial score (nSPS) is 11.8. The lowest BCUT2D eigenvalue weighted by Gasteiger charge is -2.11. The number of halogens is 4. The Labute approximate surface area is 183 Å². The summed E-state index contributed by atoms with van der Waals surface area (Å²) in [5.74, 6) is 0.697. The van der Waals surface area contributed by atoms with Crippen LogP contribution in [0.3, 0.4) is 0 Å². The fourth-order valence-corrected chi connectivity index (χ4v) is 2.91. The maximum Gasteiger partial charge on any atom is 0.411 e. The number of thiazole rings is 1. The first-order valence-corrected chi connectivity index (χ1v) is 9.39. The van der Waals surface area contributed by atoms with Crippen molar-refractivity contribution in [2.45, 2.75) is 39.7 Å². The molecule has 0 aliphatic rings. The number of hydrogen-bond acceptors (Lipinski definition) is 4. The van der Waals surface area contributed by atoms with Crippen LogP contribution in [-0.2, 0) is 24.4 Å². The van der Waals surface area contributed by atoms with Gasteiger partial charge in [0.2, 0.25) is 0 Å². The Balaban J connectivity index is 0.00000392. The standard InChI is InChI=1S/C18H23F3N4OS.HI/c1-3-22-17(24-9-16-13(2)25-12-27-16)23-8-14-4-6-15(7-5-14)10-26-11-18(19,20)21;/h4-7,12H,3,8-11H2,1-2H3,(H2,22,23,24);1H. The van der Waals surface area contributed by atoms with Gasteiger partial charge in [-0.2, -0.15) is 13.2 Å². The lowest BCUT2D eigenvalue weighted by Crippen LogP contribution is -2.36. The first-order valence-electron chi connectivity index (χ1n) is 8.51. The molecule has 0 fully saturated rings. The number of nitrogens with one attached hydrogen (secondary N) is 2. The van der Waals surface area contributed by atoms with E-state index in [2.05, 4.69) is 25.3 Å². The van der Waals surface area contributed by atoms with Gasteiger partial charge in [-0.1, -0.05) is 24.3 Å². The van der Waals surface area contributed by atoms with Gasteiger partial charge < -0.3 is 15.4 Å². The molecule has 1 heterocycles. The molecule has 156 valence electrons. The third-order valence-electron chi connectivity index (χ3n) is 3.58. The van der Waals surface area contributed by atoms with Gasteiger partial charge in [0, 0.05) is 11.4 Å². The largest absolute Gasteiger partial charge is 0.411 e. The van der Waals surface area contributed by atoms with E-state index in [-0.39, 0.29) is 30.6 Å². The van der Waals surface area contributed by atoms with Crippen LogP contribution in [-0.4, -0.2) is 30.3 Å². The molecule has 1 aromatic carbocycles. The van der Waals surface area contributed by atoms with E-state index in [0.29, 0.717) is 24.6 Å². The number of aromatic nitrogens is 1.